The van der Waals surface area contributed by atoms with Gasteiger partial charge >= 0.3 is 0 Å². The van der Waals surface area contributed by atoms with Gasteiger partial charge < -0.3 is 15.5 Å². The second-order valence-corrected chi connectivity index (χ2v) is 5.95. The Morgan fingerprint density at radius 3 is 2.19 bits per heavy atom. The number of carbonyl (C=O) groups excluding carboxylic acids is 1. The number of para-hydroxylation sites is 1. The molecule has 0 aliphatic carbocycles. The SMILES string of the molecule is CCN(CC)c1ccc(NC(=O)c2cnc(Nc3ccccc3)cn2)cc1. The number of carbonyl (C=O) groups is 1. The third-order valence-electron chi connectivity index (χ3n) is 4.18. The van der Waals surface area contributed by atoms with E-state index in [-0.39, 0.29) is 11.6 Å². The first-order chi connectivity index (χ1) is 13.2. The Labute approximate surface area is 159 Å². The van der Waals surface area contributed by atoms with Gasteiger partial charge in [-0.3, -0.25) is 4.79 Å². The quantitative estimate of drug-likeness (QED) is 0.656. The van der Waals surface area contributed by atoms with E-state index in [2.05, 4.69) is 39.3 Å². The Kier molecular flexibility index (Phi) is 5.99. The zero-order valence-corrected chi connectivity index (χ0v) is 15.5. The fourth-order valence-corrected chi connectivity index (χ4v) is 2.72. The minimum atomic E-state index is -0.288. The van der Waals surface area contributed by atoms with Gasteiger partial charge in [0.05, 0.1) is 12.4 Å². The lowest BCUT2D eigenvalue weighted by atomic mass is 10.2. The van der Waals surface area contributed by atoms with Gasteiger partial charge in [-0.25, -0.2) is 9.97 Å². The molecular weight excluding hydrogens is 338 g/mol. The van der Waals surface area contributed by atoms with Crippen molar-refractivity contribution in [2.45, 2.75) is 13.8 Å². The summed E-state index contributed by atoms with van der Waals surface area (Å²) in [6, 6.07) is 17.5. The molecule has 1 amide bonds. The minimum Gasteiger partial charge on any atom is -0.372 e. The van der Waals surface area contributed by atoms with Crippen LogP contribution in [-0.4, -0.2) is 29.0 Å². The molecule has 2 aromatic carbocycles. The van der Waals surface area contributed by atoms with Crippen molar-refractivity contribution in [1.82, 2.24) is 9.97 Å². The molecular formula is C21H23N5O. The molecule has 0 saturated heterocycles. The van der Waals surface area contributed by atoms with Crippen LogP contribution in [0.25, 0.3) is 0 Å². The van der Waals surface area contributed by atoms with Crippen LogP contribution in [0.4, 0.5) is 22.9 Å². The van der Waals surface area contributed by atoms with E-state index in [0.717, 1.165) is 30.2 Å². The number of hydrogen-bond acceptors (Lipinski definition) is 5. The maximum absolute atomic E-state index is 12.4. The summed E-state index contributed by atoms with van der Waals surface area (Å²) in [6.45, 7) is 6.13. The number of rotatable bonds is 7. The van der Waals surface area contributed by atoms with Crippen molar-refractivity contribution in [2.75, 3.05) is 28.6 Å². The average molecular weight is 361 g/mol. The second-order valence-electron chi connectivity index (χ2n) is 5.95. The van der Waals surface area contributed by atoms with E-state index < -0.39 is 0 Å². The fourth-order valence-electron chi connectivity index (χ4n) is 2.72. The smallest absolute Gasteiger partial charge is 0.275 e. The topological polar surface area (TPSA) is 70.2 Å². The first kappa shape index (κ1) is 18.4. The standard InChI is InChI=1S/C21H23N5O/c1-3-26(4-2)18-12-10-17(11-13-18)25-21(27)19-14-23-20(15-22-19)24-16-8-6-5-7-9-16/h5-15H,3-4H2,1-2H3,(H,23,24)(H,25,27). The number of amides is 1. The summed E-state index contributed by atoms with van der Waals surface area (Å²) in [4.78, 5) is 23.1. The lowest BCUT2D eigenvalue weighted by Gasteiger charge is -2.21. The number of benzene rings is 2. The van der Waals surface area contributed by atoms with E-state index in [1.54, 1.807) is 6.20 Å². The highest BCUT2D eigenvalue weighted by Crippen LogP contribution is 2.18. The molecule has 0 radical (unpaired) electrons. The van der Waals surface area contributed by atoms with Gasteiger partial charge in [0.1, 0.15) is 11.5 Å². The molecule has 27 heavy (non-hydrogen) atoms. The van der Waals surface area contributed by atoms with Crippen LogP contribution in [0.5, 0.6) is 0 Å². The highest BCUT2D eigenvalue weighted by Gasteiger charge is 2.09. The van der Waals surface area contributed by atoms with Crippen molar-refractivity contribution in [3.8, 4) is 0 Å². The van der Waals surface area contributed by atoms with Crippen molar-refractivity contribution < 1.29 is 4.79 Å². The van der Waals surface area contributed by atoms with Crippen molar-refractivity contribution in [3.05, 3.63) is 72.7 Å². The third kappa shape index (κ3) is 4.82. The lowest BCUT2D eigenvalue weighted by molar-refractivity contribution is 0.102. The van der Waals surface area contributed by atoms with E-state index in [1.807, 2.05) is 54.6 Å². The summed E-state index contributed by atoms with van der Waals surface area (Å²) < 4.78 is 0. The van der Waals surface area contributed by atoms with Crippen LogP contribution < -0.4 is 15.5 Å². The predicted octanol–water partition coefficient (Wildman–Crippen LogP) is 4.32. The van der Waals surface area contributed by atoms with E-state index in [4.69, 9.17) is 0 Å². The van der Waals surface area contributed by atoms with Gasteiger partial charge in [-0.15, -0.1) is 0 Å². The third-order valence-corrected chi connectivity index (χ3v) is 4.18. The summed E-state index contributed by atoms with van der Waals surface area (Å²) in [6.07, 6.45) is 3.01. The summed E-state index contributed by atoms with van der Waals surface area (Å²) in [5.74, 6) is 0.297. The van der Waals surface area contributed by atoms with Crippen molar-refractivity contribution in [1.29, 1.82) is 0 Å². The van der Waals surface area contributed by atoms with Crippen molar-refractivity contribution in [2.24, 2.45) is 0 Å². The van der Waals surface area contributed by atoms with Crippen LogP contribution in [0.2, 0.25) is 0 Å². The molecule has 0 aliphatic heterocycles. The predicted molar refractivity (Wildman–Crippen MR) is 110 cm³/mol. The molecule has 1 aromatic heterocycles. The maximum Gasteiger partial charge on any atom is 0.275 e. The van der Waals surface area contributed by atoms with Crippen LogP contribution in [0.3, 0.4) is 0 Å². The molecule has 1 heterocycles. The van der Waals surface area contributed by atoms with E-state index >= 15 is 0 Å². The average Bonchev–Trinajstić information content (AvgIpc) is 2.71. The molecule has 0 atom stereocenters. The van der Waals surface area contributed by atoms with Gasteiger partial charge in [-0.1, -0.05) is 18.2 Å². The molecule has 0 bridgehead atoms. The Hall–Kier alpha value is -3.41. The first-order valence-corrected chi connectivity index (χ1v) is 9.00. The number of nitrogens with zero attached hydrogens (tertiary/aromatic N) is 3. The number of nitrogens with one attached hydrogen (secondary N) is 2. The molecule has 0 saturated carbocycles. The summed E-state index contributed by atoms with van der Waals surface area (Å²) >= 11 is 0. The number of aromatic nitrogens is 2. The highest BCUT2D eigenvalue weighted by atomic mass is 16.1. The molecule has 0 unspecified atom stereocenters. The molecule has 0 aliphatic rings. The molecule has 3 aromatic rings. The molecule has 2 N–H and O–H groups in total. The number of anilines is 4. The molecule has 0 spiro atoms. The maximum atomic E-state index is 12.4. The van der Waals surface area contributed by atoms with Gasteiger partial charge in [0, 0.05) is 30.2 Å². The molecule has 6 nitrogen and oxygen atoms in total. The summed E-state index contributed by atoms with van der Waals surface area (Å²) in [7, 11) is 0. The summed E-state index contributed by atoms with van der Waals surface area (Å²) in [5, 5.41) is 5.99. The normalized spacial score (nSPS) is 10.3. The Balaban J connectivity index is 1.62. The monoisotopic (exact) mass is 361 g/mol. The van der Waals surface area contributed by atoms with E-state index in [1.165, 1.54) is 6.20 Å². The van der Waals surface area contributed by atoms with Gasteiger partial charge in [-0.2, -0.15) is 0 Å². The highest BCUT2D eigenvalue weighted by molar-refractivity contribution is 6.02. The Bertz CT molecular complexity index is 859. The van der Waals surface area contributed by atoms with E-state index in [0.29, 0.717) is 5.82 Å². The van der Waals surface area contributed by atoms with Crippen molar-refractivity contribution in [3.63, 3.8) is 0 Å². The van der Waals surface area contributed by atoms with Gasteiger partial charge in [0.25, 0.3) is 5.91 Å². The van der Waals surface area contributed by atoms with Crippen molar-refractivity contribution >= 4 is 28.8 Å². The fraction of sp³-hybridized carbons (Fsp3) is 0.190. The lowest BCUT2D eigenvalue weighted by Crippen LogP contribution is -2.21. The molecule has 6 heteroatoms. The zero-order chi connectivity index (χ0) is 19.1. The van der Waals surface area contributed by atoms with Crippen LogP contribution in [-0.2, 0) is 0 Å². The van der Waals surface area contributed by atoms with E-state index in [9.17, 15) is 4.79 Å². The Morgan fingerprint density at radius 1 is 0.889 bits per heavy atom. The summed E-state index contributed by atoms with van der Waals surface area (Å²) in [5.41, 5.74) is 3.04. The van der Waals surface area contributed by atoms with Gasteiger partial charge in [0.2, 0.25) is 0 Å². The van der Waals surface area contributed by atoms with Crippen LogP contribution in [0.15, 0.2) is 67.0 Å². The molecule has 138 valence electrons. The van der Waals surface area contributed by atoms with Gasteiger partial charge in [-0.05, 0) is 50.2 Å². The van der Waals surface area contributed by atoms with Crippen LogP contribution in [0.1, 0.15) is 24.3 Å². The minimum absolute atomic E-state index is 0.265. The van der Waals surface area contributed by atoms with Gasteiger partial charge in [0.15, 0.2) is 0 Å². The zero-order valence-electron chi connectivity index (χ0n) is 15.5. The van der Waals surface area contributed by atoms with Crippen LogP contribution in [0, 0.1) is 0 Å². The largest absolute Gasteiger partial charge is 0.372 e. The second kappa shape index (κ2) is 8.80. The molecule has 3 rings (SSSR count). The Morgan fingerprint density at radius 2 is 1.59 bits per heavy atom. The molecule has 0 fully saturated rings. The van der Waals surface area contributed by atoms with Crippen LogP contribution >= 0.6 is 0 Å². The first-order valence-electron chi connectivity index (χ1n) is 9.00. The number of hydrogen-bond donors (Lipinski definition) is 2.